The van der Waals surface area contributed by atoms with Crippen LogP contribution in [0.15, 0.2) is 33.6 Å². The van der Waals surface area contributed by atoms with E-state index in [0.29, 0.717) is 17.0 Å². The topological polar surface area (TPSA) is 63.4 Å². The van der Waals surface area contributed by atoms with Gasteiger partial charge in [-0.15, -0.1) is 0 Å². The molecule has 0 bridgehead atoms. The van der Waals surface area contributed by atoms with E-state index in [2.05, 4.69) is 41.7 Å². The van der Waals surface area contributed by atoms with Crippen molar-refractivity contribution < 1.29 is 8.42 Å². The van der Waals surface area contributed by atoms with E-state index >= 15 is 0 Å². The summed E-state index contributed by atoms with van der Waals surface area (Å²) in [4.78, 5) is 2.72. The summed E-state index contributed by atoms with van der Waals surface area (Å²) >= 11 is 3.34. The fourth-order valence-corrected chi connectivity index (χ4v) is 5.22. The molecule has 2 rings (SSSR count). The van der Waals surface area contributed by atoms with Crippen molar-refractivity contribution in [1.29, 1.82) is 0 Å². The fourth-order valence-electron chi connectivity index (χ4n) is 3.27. The number of hydrogen-bond donors (Lipinski definition) is 1. The fraction of sp³-hybridized carbons (Fsp3) is 0.647. The van der Waals surface area contributed by atoms with Crippen LogP contribution in [0.1, 0.15) is 33.1 Å². The van der Waals surface area contributed by atoms with Crippen molar-refractivity contribution in [3.05, 3.63) is 28.7 Å². The van der Waals surface area contributed by atoms with Crippen molar-refractivity contribution >= 4 is 25.8 Å². The lowest BCUT2D eigenvalue weighted by Crippen LogP contribution is -2.48. The van der Waals surface area contributed by atoms with Crippen LogP contribution in [0.4, 0.5) is 0 Å². The normalized spacial score (nSPS) is 26.0. The first-order chi connectivity index (χ1) is 10.7. The van der Waals surface area contributed by atoms with Crippen LogP contribution in [-0.4, -0.2) is 44.2 Å². The summed E-state index contributed by atoms with van der Waals surface area (Å²) in [5.74, 6) is 0.154. The molecule has 130 valence electrons. The summed E-state index contributed by atoms with van der Waals surface area (Å²) in [7, 11) is -1.18. The highest BCUT2D eigenvalue weighted by molar-refractivity contribution is 9.10. The Hall–Kier alpha value is -0.430. The molecule has 0 spiro atoms. The minimum Gasteiger partial charge on any atom is -0.327 e. The lowest BCUT2D eigenvalue weighted by atomic mass is 9.82. The van der Waals surface area contributed by atoms with Crippen LogP contribution in [0.3, 0.4) is 0 Å². The second kappa shape index (κ2) is 7.64. The number of nitrogens with zero attached hydrogens (tertiary/aromatic N) is 1. The molecule has 3 unspecified atom stereocenters. The van der Waals surface area contributed by atoms with Crippen molar-refractivity contribution in [2.45, 2.75) is 56.1 Å². The van der Waals surface area contributed by atoms with Crippen LogP contribution < -0.4 is 5.73 Å². The Labute approximate surface area is 148 Å². The molecule has 1 aliphatic rings. The molecule has 0 heterocycles. The SMILES string of the molecule is CC(C)N(C)C1CCC(N)C(CS(=O)(=O)c2ccc(Br)cc2)C1. The second-order valence-electron chi connectivity index (χ2n) is 6.89. The summed E-state index contributed by atoms with van der Waals surface area (Å²) in [6.45, 7) is 4.34. The molecule has 0 amide bonds. The Morgan fingerprint density at radius 2 is 1.87 bits per heavy atom. The Kier molecular flexibility index (Phi) is 6.28. The number of nitrogens with two attached hydrogens (primary N) is 1. The summed E-state index contributed by atoms with van der Waals surface area (Å²) < 4.78 is 26.2. The molecule has 1 aromatic rings. The molecule has 0 aliphatic heterocycles. The minimum absolute atomic E-state index is 0.0172. The predicted octanol–water partition coefficient (Wildman–Crippen LogP) is 3.06. The van der Waals surface area contributed by atoms with Gasteiger partial charge in [0.1, 0.15) is 0 Å². The van der Waals surface area contributed by atoms with Gasteiger partial charge in [-0.05, 0) is 70.3 Å². The van der Waals surface area contributed by atoms with Crippen LogP contribution in [0.5, 0.6) is 0 Å². The summed E-state index contributed by atoms with van der Waals surface area (Å²) in [6.07, 6.45) is 2.79. The Morgan fingerprint density at radius 3 is 2.43 bits per heavy atom. The van der Waals surface area contributed by atoms with Crippen molar-refractivity contribution in [1.82, 2.24) is 4.90 Å². The third-order valence-corrected chi connectivity index (χ3v) is 7.40. The number of halogens is 1. The van der Waals surface area contributed by atoms with Crippen LogP contribution in [0, 0.1) is 5.92 Å². The highest BCUT2D eigenvalue weighted by Crippen LogP contribution is 2.30. The molecule has 0 aromatic heterocycles. The molecule has 0 radical (unpaired) electrons. The minimum atomic E-state index is -3.30. The zero-order valence-corrected chi connectivity index (χ0v) is 16.5. The van der Waals surface area contributed by atoms with E-state index in [0.717, 1.165) is 23.7 Å². The molecule has 1 aliphatic carbocycles. The van der Waals surface area contributed by atoms with E-state index in [1.807, 2.05) is 0 Å². The molecule has 6 heteroatoms. The number of benzene rings is 1. The number of sulfone groups is 1. The molecule has 1 aromatic carbocycles. The van der Waals surface area contributed by atoms with Crippen LogP contribution >= 0.6 is 15.9 Å². The predicted molar refractivity (Wildman–Crippen MR) is 98.2 cm³/mol. The van der Waals surface area contributed by atoms with Crippen LogP contribution in [-0.2, 0) is 9.84 Å². The molecule has 1 saturated carbocycles. The highest BCUT2D eigenvalue weighted by Gasteiger charge is 2.34. The summed E-state index contributed by atoms with van der Waals surface area (Å²) in [5, 5.41) is 0. The Bertz CT molecular complexity index is 616. The van der Waals surface area contributed by atoms with Crippen molar-refractivity contribution in [3.63, 3.8) is 0 Å². The molecule has 4 nitrogen and oxygen atoms in total. The zero-order valence-electron chi connectivity index (χ0n) is 14.1. The molecule has 3 atom stereocenters. The van der Waals surface area contributed by atoms with Gasteiger partial charge < -0.3 is 10.6 Å². The third kappa shape index (κ3) is 4.78. The van der Waals surface area contributed by atoms with Crippen LogP contribution in [0.25, 0.3) is 0 Å². The molecule has 23 heavy (non-hydrogen) atoms. The average Bonchev–Trinajstić information content (AvgIpc) is 2.49. The maximum absolute atomic E-state index is 12.7. The molecular formula is C17H27BrN2O2S. The third-order valence-electron chi connectivity index (χ3n) is 5.01. The van der Waals surface area contributed by atoms with E-state index in [9.17, 15) is 8.42 Å². The smallest absolute Gasteiger partial charge is 0.178 e. The molecular weight excluding hydrogens is 376 g/mol. The van der Waals surface area contributed by atoms with Gasteiger partial charge in [0, 0.05) is 22.6 Å². The van der Waals surface area contributed by atoms with Gasteiger partial charge in [-0.3, -0.25) is 0 Å². The van der Waals surface area contributed by atoms with Gasteiger partial charge in [0.15, 0.2) is 9.84 Å². The van der Waals surface area contributed by atoms with E-state index in [4.69, 9.17) is 5.73 Å². The first kappa shape index (κ1) is 18.9. The standard InChI is InChI=1S/C17H27BrN2O2S/c1-12(2)20(3)15-6-9-17(19)13(10-15)11-23(21,22)16-7-4-14(18)5-8-16/h4-5,7-8,12-13,15,17H,6,9-11,19H2,1-3H3. The van der Waals surface area contributed by atoms with Gasteiger partial charge in [-0.25, -0.2) is 8.42 Å². The highest BCUT2D eigenvalue weighted by atomic mass is 79.9. The average molecular weight is 403 g/mol. The van der Waals surface area contributed by atoms with Crippen molar-refractivity contribution in [2.24, 2.45) is 11.7 Å². The van der Waals surface area contributed by atoms with Gasteiger partial charge in [-0.1, -0.05) is 15.9 Å². The molecule has 0 saturated heterocycles. The Morgan fingerprint density at radius 1 is 1.26 bits per heavy atom. The molecule has 1 fully saturated rings. The lowest BCUT2D eigenvalue weighted by molar-refractivity contribution is 0.124. The second-order valence-corrected chi connectivity index (χ2v) is 9.84. The molecule has 2 N–H and O–H groups in total. The van der Waals surface area contributed by atoms with E-state index < -0.39 is 9.84 Å². The van der Waals surface area contributed by atoms with E-state index in [1.165, 1.54) is 0 Å². The first-order valence-electron chi connectivity index (χ1n) is 8.16. The number of hydrogen-bond acceptors (Lipinski definition) is 4. The van der Waals surface area contributed by atoms with E-state index in [-0.39, 0.29) is 17.7 Å². The van der Waals surface area contributed by atoms with Gasteiger partial charge in [0.25, 0.3) is 0 Å². The van der Waals surface area contributed by atoms with Crippen molar-refractivity contribution in [3.8, 4) is 0 Å². The van der Waals surface area contributed by atoms with Crippen LogP contribution in [0.2, 0.25) is 0 Å². The first-order valence-corrected chi connectivity index (χ1v) is 10.6. The summed E-state index contributed by atoms with van der Waals surface area (Å²) in [5.41, 5.74) is 6.24. The monoisotopic (exact) mass is 402 g/mol. The largest absolute Gasteiger partial charge is 0.327 e. The van der Waals surface area contributed by atoms with Gasteiger partial charge >= 0.3 is 0 Å². The van der Waals surface area contributed by atoms with Gasteiger partial charge in [-0.2, -0.15) is 0 Å². The van der Waals surface area contributed by atoms with Gasteiger partial charge in [0.05, 0.1) is 10.6 Å². The maximum atomic E-state index is 12.7. The zero-order chi connectivity index (χ0) is 17.2. The quantitative estimate of drug-likeness (QED) is 0.821. The van der Waals surface area contributed by atoms with E-state index in [1.54, 1.807) is 24.3 Å². The van der Waals surface area contributed by atoms with Crippen molar-refractivity contribution in [2.75, 3.05) is 12.8 Å². The number of rotatable bonds is 5. The van der Waals surface area contributed by atoms with Gasteiger partial charge in [0.2, 0.25) is 0 Å². The Balaban J connectivity index is 2.11. The summed E-state index contributed by atoms with van der Waals surface area (Å²) in [6, 6.07) is 7.69. The maximum Gasteiger partial charge on any atom is 0.178 e. The lowest BCUT2D eigenvalue weighted by Gasteiger charge is -2.40.